The van der Waals surface area contributed by atoms with E-state index in [9.17, 15) is 13.2 Å². The summed E-state index contributed by atoms with van der Waals surface area (Å²) in [5, 5.41) is 2.60. The summed E-state index contributed by atoms with van der Waals surface area (Å²) in [7, 11) is -2.09. The molecule has 1 heterocycles. The molecule has 8 heteroatoms. The second kappa shape index (κ2) is 7.29. The third kappa shape index (κ3) is 4.01. The molecule has 0 spiro atoms. The van der Waals surface area contributed by atoms with E-state index in [0.29, 0.717) is 24.5 Å². The molecule has 0 saturated carbocycles. The highest BCUT2D eigenvalue weighted by atomic mass is 32.2. The first-order chi connectivity index (χ1) is 10.9. The molecule has 7 nitrogen and oxygen atoms in total. The molecule has 0 radical (unpaired) electrons. The number of sulfonamides is 1. The van der Waals surface area contributed by atoms with Crippen LogP contribution >= 0.6 is 0 Å². The molecule has 1 aliphatic rings. The van der Waals surface area contributed by atoms with Crippen molar-refractivity contribution in [1.29, 1.82) is 0 Å². The first-order valence-electron chi connectivity index (χ1n) is 7.67. The van der Waals surface area contributed by atoms with E-state index in [1.54, 1.807) is 6.07 Å². The Hall–Kier alpha value is -1.64. The van der Waals surface area contributed by atoms with Crippen molar-refractivity contribution in [3.8, 4) is 5.75 Å². The lowest BCUT2D eigenvalue weighted by Gasteiger charge is -2.31. The maximum Gasteiger partial charge on any atom is 0.243 e. The molecule has 23 heavy (non-hydrogen) atoms. The molecule has 1 aromatic carbocycles. The van der Waals surface area contributed by atoms with Gasteiger partial charge >= 0.3 is 0 Å². The van der Waals surface area contributed by atoms with Crippen molar-refractivity contribution in [3.05, 3.63) is 18.2 Å². The number of likely N-dealkylation sites (N-methyl/N-ethyl adjacent to an activating group) is 1. The second-order valence-electron chi connectivity index (χ2n) is 5.55. The largest absolute Gasteiger partial charge is 0.495 e. The van der Waals surface area contributed by atoms with Gasteiger partial charge in [-0.2, -0.15) is 4.31 Å². The minimum atomic E-state index is -3.56. The van der Waals surface area contributed by atoms with Crippen LogP contribution in [0.5, 0.6) is 5.75 Å². The van der Waals surface area contributed by atoms with E-state index in [2.05, 4.69) is 12.2 Å². The van der Waals surface area contributed by atoms with E-state index in [0.717, 1.165) is 19.6 Å². The molecule has 2 rings (SSSR count). The third-order valence-corrected chi connectivity index (χ3v) is 5.94. The van der Waals surface area contributed by atoms with Crippen LogP contribution in [-0.4, -0.2) is 58.5 Å². The van der Waals surface area contributed by atoms with E-state index in [4.69, 9.17) is 4.74 Å². The molecular formula is C15H24N3O4S+. The molecule has 0 atom stereocenters. The summed E-state index contributed by atoms with van der Waals surface area (Å²) in [6, 6.07) is 4.53. The van der Waals surface area contributed by atoms with E-state index in [-0.39, 0.29) is 10.8 Å². The number of carbonyl (C=O) groups is 1. The summed E-state index contributed by atoms with van der Waals surface area (Å²) >= 11 is 0. The predicted molar refractivity (Wildman–Crippen MR) is 87.3 cm³/mol. The van der Waals surface area contributed by atoms with Crippen LogP contribution in [0.4, 0.5) is 5.69 Å². The highest BCUT2D eigenvalue weighted by Crippen LogP contribution is 2.28. The average molecular weight is 342 g/mol. The fraction of sp³-hybridized carbons (Fsp3) is 0.533. The number of hydrogen-bond acceptors (Lipinski definition) is 4. The predicted octanol–water partition coefficient (Wildman–Crippen LogP) is -0.437. The number of quaternary nitrogens is 1. The normalized spacial score (nSPS) is 17.0. The quantitative estimate of drug-likeness (QED) is 0.760. The summed E-state index contributed by atoms with van der Waals surface area (Å²) in [6.45, 7) is 7.11. The molecular weight excluding hydrogens is 318 g/mol. The van der Waals surface area contributed by atoms with Crippen LogP contribution < -0.4 is 15.0 Å². The first kappa shape index (κ1) is 17.7. The van der Waals surface area contributed by atoms with Gasteiger partial charge in [-0.05, 0) is 25.1 Å². The molecule has 128 valence electrons. The van der Waals surface area contributed by atoms with Crippen molar-refractivity contribution in [3.63, 3.8) is 0 Å². The van der Waals surface area contributed by atoms with Crippen molar-refractivity contribution in [1.82, 2.24) is 4.31 Å². The minimum absolute atomic E-state index is 0.169. The van der Waals surface area contributed by atoms with Crippen LogP contribution in [0.2, 0.25) is 0 Å². The number of benzene rings is 1. The number of amides is 1. The molecule has 1 fully saturated rings. The van der Waals surface area contributed by atoms with E-state index >= 15 is 0 Å². The summed E-state index contributed by atoms with van der Waals surface area (Å²) in [5.41, 5.74) is 0.360. The van der Waals surface area contributed by atoms with Crippen molar-refractivity contribution >= 4 is 21.6 Å². The molecule has 0 aliphatic carbocycles. The van der Waals surface area contributed by atoms with Crippen molar-refractivity contribution in [2.75, 3.05) is 45.2 Å². The van der Waals surface area contributed by atoms with Gasteiger partial charge in [0, 0.05) is 6.92 Å². The lowest BCUT2D eigenvalue weighted by molar-refractivity contribution is -0.901. The summed E-state index contributed by atoms with van der Waals surface area (Å²) in [5.74, 6) is 0.150. The molecule has 1 saturated heterocycles. The van der Waals surface area contributed by atoms with Crippen molar-refractivity contribution in [2.45, 2.75) is 18.7 Å². The fourth-order valence-corrected chi connectivity index (χ4v) is 4.15. The zero-order valence-electron chi connectivity index (χ0n) is 13.8. The van der Waals surface area contributed by atoms with Crippen LogP contribution in [0.3, 0.4) is 0 Å². The van der Waals surface area contributed by atoms with Gasteiger partial charge < -0.3 is 15.0 Å². The maximum absolute atomic E-state index is 12.8. The zero-order chi connectivity index (χ0) is 17.0. The molecule has 1 aliphatic heterocycles. The Morgan fingerprint density at radius 3 is 2.52 bits per heavy atom. The Bertz CT molecular complexity index is 667. The maximum atomic E-state index is 12.8. The number of nitrogens with one attached hydrogen (secondary N) is 2. The molecule has 0 aromatic heterocycles. The molecule has 1 amide bonds. The van der Waals surface area contributed by atoms with Crippen LogP contribution in [-0.2, 0) is 14.8 Å². The van der Waals surface area contributed by atoms with E-state index in [1.807, 2.05) is 0 Å². The smallest absolute Gasteiger partial charge is 0.243 e. The second-order valence-corrected chi connectivity index (χ2v) is 7.49. The van der Waals surface area contributed by atoms with Crippen LogP contribution in [0.1, 0.15) is 13.8 Å². The van der Waals surface area contributed by atoms with Gasteiger partial charge in [-0.3, -0.25) is 4.79 Å². The number of nitrogens with zero attached hydrogens (tertiary/aromatic N) is 1. The summed E-state index contributed by atoms with van der Waals surface area (Å²) < 4.78 is 32.2. The highest BCUT2D eigenvalue weighted by molar-refractivity contribution is 7.89. The number of ether oxygens (including phenoxy) is 1. The van der Waals surface area contributed by atoms with Gasteiger partial charge in [0.15, 0.2) is 0 Å². The number of piperazine rings is 1. The topological polar surface area (TPSA) is 80.2 Å². The highest BCUT2D eigenvalue weighted by Gasteiger charge is 2.30. The SMILES string of the molecule is CC[NH+]1CCN(S(=O)(=O)c2ccc(OC)c(NC(C)=O)c2)CC1. The Morgan fingerprint density at radius 1 is 1.35 bits per heavy atom. The average Bonchev–Trinajstić information content (AvgIpc) is 2.54. The monoisotopic (exact) mass is 342 g/mol. The number of carbonyl (C=O) groups excluding carboxylic acids is 1. The van der Waals surface area contributed by atoms with Crippen molar-refractivity contribution < 1.29 is 22.8 Å². The number of rotatable bonds is 5. The number of methoxy groups -OCH3 is 1. The number of anilines is 1. The zero-order valence-corrected chi connectivity index (χ0v) is 14.6. The van der Waals surface area contributed by atoms with E-state index in [1.165, 1.54) is 35.4 Å². The molecule has 1 aromatic rings. The fourth-order valence-electron chi connectivity index (χ4n) is 2.68. The summed E-state index contributed by atoms with van der Waals surface area (Å²) in [6.07, 6.45) is 0. The molecule has 0 bridgehead atoms. The first-order valence-corrected chi connectivity index (χ1v) is 9.11. The van der Waals surface area contributed by atoms with Crippen LogP contribution in [0.15, 0.2) is 23.1 Å². The lowest BCUT2D eigenvalue weighted by Crippen LogP contribution is -3.14. The van der Waals surface area contributed by atoms with Gasteiger partial charge in [-0.25, -0.2) is 8.42 Å². The van der Waals surface area contributed by atoms with Crippen LogP contribution in [0.25, 0.3) is 0 Å². The van der Waals surface area contributed by atoms with Crippen LogP contribution in [0, 0.1) is 0 Å². The Morgan fingerprint density at radius 2 is 2.00 bits per heavy atom. The standard InChI is InChI=1S/C15H23N3O4S/c1-4-17-7-9-18(10-8-17)23(20,21)13-5-6-15(22-3)14(11-13)16-12(2)19/h5-6,11H,4,7-10H2,1-3H3,(H,16,19)/p+1. The van der Waals surface area contributed by atoms with E-state index < -0.39 is 10.0 Å². The van der Waals surface area contributed by atoms with Gasteiger partial charge in [0.05, 0.1) is 50.4 Å². The van der Waals surface area contributed by atoms with Crippen molar-refractivity contribution in [2.24, 2.45) is 0 Å². The van der Waals surface area contributed by atoms with Gasteiger partial charge in [-0.1, -0.05) is 0 Å². The molecule has 0 unspecified atom stereocenters. The Balaban J connectivity index is 2.27. The third-order valence-electron chi connectivity index (χ3n) is 4.05. The minimum Gasteiger partial charge on any atom is -0.495 e. The Labute approximate surface area is 137 Å². The lowest BCUT2D eigenvalue weighted by atomic mass is 10.3. The van der Waals surface area contributed by atoms with Gasteiger partial charge in [0.2, 0.25) is 15.9 Å². The van der Waals surface area contributed by atoms with Gasteiger partial charge in [-0.15, -0.1) is 0 Å². The summed E-state index contributed by atoms with van der Waals surface area (Å²) in [4.78, 5) is 12.9. The molecule has 2 N–H and O–H groups in total. The number of hydrogen-bond donors (Lipinski definition) is 2. The Kier molecular flexibility index (Phi) is 5.61. The van der Waals surface area contributed by atoms with Gasteiger partial charge in [0.1, 0.15) is 5.75 Å². The van der Waals surface area contributed by atoms with Gasteiger partial charge in [0.25, 0.3) is 0 Å².